The fourth-order valence-electron chi connectivity index (χ4n) is 2.19. The normalized spacial score (nSPS) is 11.0. The molecule has 1 heterocycles. The van der Waals surface area contributed by atoms with Gasteiger partial charge in [-0.2, -0.15) is 0 Å². The zero-order valence-corrected chi connectivity index (χ0v) is 13.8. The molecule has 4 heteroatoms. The Labute approximate surface area is 136 Å². The predicted octanol–water partition coefficient (Wildman–Crippen LogP) is 5.92. The van der Waals surface area contributed by atoms with E-state index in [0.29, 0.717) is 10.0 Å². The van der Waals surface area contributed by atoms with Gasteiger partial charge >= 0.3 is 0 Å². The standard InChI is InChI=1S/C17H21Cl2NO/c1-2-3-4-5-10-20-12-14-7-9-17(21-14)15-11-13(18)6-8-16(15)19/h6-9,11,20H,2-5,10,12H2,1H3. The van der Waals surface area contributed by atoms with Crippen LogP contribution >= 0.6 is 23.2 Å². The lowest BCUT2D eigenvalue weighted by molar-refractivity contribution is 0.487. The third-order valence-electron chi connectivity index (χ3n) is 3.36. The van der Waals surface area contributed by atoms with Crippen molar-refractivity contribution in [2.24, 2.45) is 0 Å². The van der Waals surface area contributed by atoms with Crippen molar-refractivity contribution in [1.82, 2.24) is 5.32 Å². The Morgan fingerprint density at radius 1 is 1.05 bits per heavy atom. The van der Waals surface area contributed by atoms with Crippen molar-refractivity contribution in [3.05, 3.63) is 46.1 Å². The van der Waals surface area contributed by atoms with E-state index < -0.39 is 0 Å². The number of rotatable bonds is 8. The summed E-state index contributed by atoms with van der Waals surface area (Å²) in [4.78, 5) is 0. The molecule has 21 heavy (non-hydrogen) atoms. The Balaban J connectivity index is 1.88. The van der Waals surface area contributed by atoms with Crippen molar-refractivity contribution < 1.29 is 4.42 Å². The zero-order chi connectivity index (χ0) is 15.1. The Morgan fingerprint density at radius 2 is 1.90 bits per heavy atom. The van der Waals surface area contributed by atoms with Crippen LogP contribution in [-0.4, -0.2) is 6.54 Å². The van der Waals surface area contributed by atoms with E-state index in [2.05, 4.69) is 12.2 Å². The van der Waals surface area contributed by atoms with Gasteiger partial charge in [0.2, 0.25) is 0 Å². The van der Waals surface area contributed by atoms with Gasteiger partial charge in [0.15, 0.2) is 0 Å². The minimum Gasteiger partial charge on any atom is -0.460 e. The van der Waals surface area contributed by atoms with E-state index in [1.807, 2.05) is 18.2 Å². The first-order valence-corrected chi connectivity index (χ1v) is 8.21. The molecule has 1 aromatic heterocycles. The van der Waals surface area contributed by atoms with Gasteiger partial charge in [-0.1, -0.05) is 49.4 Å². The first-order valence-electron chi connectivity index (χ1n) is 7.45. The summed E-state index contributed by atoms with van der Waals surface area (Å²) in [6, 6.07) is 9.30. The van der Waals surface area contributed by atoms with Crippen LogP contribution in [0.4, 0.5) is 0 Å². The van der Waals surface area contributed by atoms with Crippen molar-refractivity contribution in [1.29, 1.82) is 0 Å². The minimum absolute atomic E-state index is 0.646. The fraction of sp³-hybridized carbons (Fsp3) is 0.412. The number of furan rings is 1. The van der Waals surface area contributed by atoms with Crippen LogP contribution in [0.3, 0.4) is 0 Å². The number of benzene rings is 1. The molecule has 1 aromatic carbocycles. The first-order chi connectivity index (χ1) is 10.2. The molecule has 0 aliphatic carbocycles. The van der Waals surface area contributed by atoms with Crippen LogP contribution in [-0.2, 0) is 6.54 Å². The van der Waals surface area contributed by atoms with Gasteiger partial charge in [0.25, 0.3) is 0 Å². The number of hydrogen-bond acceptors (Lipinski definition) is 2. The molecule has 0 amide bonds. The van der Waals surface area contributed by atoms with Crippen molar-refractivity contribution in [3.8, 4) is 11.3 Å². The highest BCUT2D eigenvalue weighted by Gasteiger charge is 2.09. The Morgan fingerprint density at radius 3 is 2.71 bits per heavy atom. The van der Waals surface area contributed by atoms with Gasteiger partial charge < -0.3 is 9.73 Å². The van der Waals surface area contributed by atoms with E-state index in [0.717, 1.165) is 30.2 Å². The van der Waals surface area contributed by atoms with E-state index in [9.17, 15) is 0 Å². The van der Waals surface area contributed by atoms with E-state index in [1.54, 1.807) is 12.1 Å². The summed E-state index contributed by atoms with van der Waals surface area (Å²) in [5.74, 6) is 1.67. The number of nitrogens with one attached hydrogen (secondary N) is 1. The highest BCUT2D eigenvalue weighted by atomic mass is 35.5. The molecule has 2 rings (SSSR count). The topological polar surface area (TPSA) is 25.2 Å². The molecular weight excluding hydrogens is 305 g/mol. The molecule has 0 fully saturated rings. The maximum atomic E-state index is 6.18. The average Bonchev–Trinajstić information content (AvgIpc) is 2.94. The van der Waals surface area contributed by atoms with Gasteiger partial charge in [0.05, 0.1) is 11.6 Å². The number of unbranched alkanes of at least 4 members (excludes halogenated alkanes) is 3. The number of hydrogen-bond donors (Lipinski definition) is 1. The Bertz CT molecular complexity index is 566. The Kier molecular flexibility index (Phi) is 6.62. The predicted molar refractivity (Wildman–Crippen MR) is 90.0 cm³/mol. The van der Waals surface area contributed by atoms with Crippen LogP contribution in [0, 0.1) is 0 Å². The van der Waals surface area contributed by atoms with Crippen LogP contribution in [0.15, 0.2) is 34.7 Å². The summed E-state index contributed by atoms with van der Waals surface area (Å²) in [7, 11) is 0. The fourth-order valence-corrected chi connectivity index (χ4v) is 2.58. The van der Waals surface area contributed by atoms with E-state index in [1.165, 1.54) is 25.7 Å². The number of halogens is 2. The molecule has 0 bridgehead atoms. The SMILES string of the molecule is CCCCCCNCc1ccc(-c2cc(Cl)ccc2Cl)o1. The third-order valence-corrected chi connectivity index (χ3v) is 3.93. The highest BCUT2D eigenvalue weighted by Crippen LogP contribution is 2.31. The van der Waals surface area contributed by atoms with Crippen LogP contribution in [0.5, 0.6) is 0 Å². The minimum atomic E-state index is 0.646. The van der Waals surface area contributed by atoms with Gasteiger partial charge in [0.1, 0.15) is 11.5 Å². The molecule has 114 valence electrons. The van der Waals surface area contributed by atoms with Crippen molar-refractivity contribution >= 4 is 23.2 Å². The molecule has 2 nitrogen and oxygen atoms in total. The molecule has 0 radical (unpaired) electrons. The molecule has 0 atom stereocenters. The third kappa shape index (κ3) is 5.06. The van der Waals surface area contributed by atoms with Crippen molar-refractivity contribution in [3.63, 3.8) is 0 Å². The van der Waals surface area contributed by atoms with Gasteiger partial charge in [-0.25, -0.2) is 0 Å². The molecule has 0 saturated heterocycles. The zero-order valence-electron chi connectivity index (χ0n) is 12.3. The van der Waals surface area contributed by atoms with Gasteiger partial charge in [-0.15, -0.1) is 0 Å². The monoisotopic (exact) mass is 325 g/mol. The van der Waals surface area contributed by atoms with E-state index in [-0.39, 0.29) is 0 Å². The first kappa shape index (κ1) is 16.4. The largest absolute Gasteiger partial charge is 0.460 e. The van der Waals surface area contributed by atoms with Crippen LogP contribution < -0.4 is 5.32 Å². The van der Waals surface area contributed by atoms with Crippen LogP contribution in [0.2, 0.25) is 10.0 Å². The molecular formula is C17H21Cl2NO. The lowest BCUT2D eigenvalue weighted by Crippen LogP contribution is -2.14. The summed E-state index contributed by atoms with van der Waals surface area (Å²) >= 11 is 12.2. The summed E-state index contributed by atoms with van der Waals surface area (Å²) in [6.07, 6.45) is 5.06. The Hall–Kier alpha value is -0.960. The maximum absolute atomic E-state index is 6.18. The summed E-state index contributed by atoms with van der Waals surface area (Å²) in [5, 5.41) is 4.70. The summed E-state index contributed by atoms with van der Waals surface area (Å²) < 4.78 is 5.83. The molecule has 1 N–H and O–H groups in total. The maximum Gasteiger partial charge on any atom is 0.135 e. The molecule has 0 aliphatic heterocycles. The van der Waals surface area contributed by atoms with E-state index in [4.69, 9.17) is 27.6 Å². The van der Waals surface area contributed by atoms with Crippen LogP contribution in [0.25, 0.3) is 11.3 Å². The lowest BCUT2D eigenvalue weighted by Gasteiger charge is -2.03. The molecule has 0 unspecified atom stereocenters. The molecule has 2 aromatic rings. The van der Waals surface area contributed by atoms with Crippen LogP contribution in [0.1, 0.15) is 38.4 Å². The second-order valence-electron chi connectivity index (χ2n) is 5.13. The summed E-state index contributed by atoms with van der Waals surface area (Å²) in [5.41, 5.74) is 0.832. The van der Waals surface area contributed by atoms with Gasteiger partial charge in [0, 0.05) is 10.6 Å². The molecule has 0 spiro atoms. The van der Waals surface area contributed by atoms with Gasteiger partial charge in [-0.3, -0.25) is 0 Å². The van der Waals surface area contributed by atoms with Crippen molar-refractivity contribution in [2.45, 2.75) is 39.2 Å². The molecule has 0 aliphatic rings. The lowest BCUT2D eigenvalue weighted by atomic mass is 10.2. The average molecular weight is 326 g/mol. The highest BCUT2D eigenvalue weighted by molar-refractivity contribution is 6.35. The quantitative estimate of drug-likeness (QED) is 0.609. The van der Waals surface area contributed by atoms with Crippen molar-refractivity contribution in [2.75, 3.05) is 6.54 Å². The van der Waals surface area contributed by atoms with Gasteiger partial charge in [-0.05, 0) is 43.3 Å². The second kappa shape index (κ2) is 8.47. The smallest absolute Gasteiger partial charge is 0.135 e. The molecule has 0 saturated carbocycles. The summed E-state index contributed by atoms with van der Waals surface area (Å²) in [6.45, 7) is 3.98. The van der Waals surface area contributed by atoms with E-state index >= 15 is 0 Å². The second-order valence-corrected chi connectivity index (χ2v) is 5.97.